The third-order valence-corrected chi connectivity index (χ3v) is 5.78. The van der Waals surface area contributed by atoms with Crippen LogP contribution in [0.15, 0.2) is 53.3 Å². The van der Waals surface area contributed by atoms with E-state index in [1.807, 2.05) is 64.1 Å². The van der Waals surface area contributed by atoms with Gasteiger partial charge in [-0.05, 0) is 52.5 Å². The monoisotopic (exact) mass is 450 g/mol. The SMILES string of the molecule is COC1=C(c2ccc(CCO)cc2)Oc2c(CC=C(C)C)c(O)c(CC=C(C)C)c(O)c2C1. The van der Waals surface area contributed by atoms with Crippen molar-refractivity contribution in [1.29, 1.82) is 0 Å². The van der Waals surface area contributed by atoms with Gasteiger partial charge in [0, 0.05) is 35.3 Å². The maximum Gasteiger partial charge on any atom is 0.172 e. The molecule has 5 heteroatoms. The van der Waals surface area contributed by atoms with Gasteiger partial charge in [-0.15, -0.1) is 0 Å². The van der Waals surface area contributed by atoms with Crippen molar-refractivity contribution >= 4 is 5.76 Å². The summed E-state index contributed by atoms with van der Waals surface area (Å²) in [6.07, 6.45) is 5.89. The number of hydrogen-bond acceptors (Lipinski definition) is 5. The number of aromatic hydroxyl groups is 2. The van der Waals surface area contributed by atoms with Gasteiger partial charge in [0.15, 0.2) is 5.76 Å². The summed E-state index contributed by atoms with van der Waals surface area (Å²) in [6, 6.07) is 7.77. The lowest BCUT2D eigenvalue weighted by Gasteiger charge is -2.27. The summed E-state index contributed by atoms with van der Waals surface area (Å²) in [6.45, 7) is 8.10. The van der Waals surface area contributed by atoms with Gasteiger partial charge < -0.3 is 24.8 Å². The molecule has 0 unspecified atom stereocenters. The molecule has 2 aromatic rings. The number of ether oxygens (including phenoxy) is 2. The van der Waals surface area contributed by atoms with Crippen molar-refractivity contribution in [2.75, 3.05) is 13.7 Å². The molecule has 176 valence electrons. The molecule has 0 fully saturated rings. The quantitative estimate of drug-likeness (QED) is 0.456. The van der Waals surface area contributed by atoms with Crippen molar-refractivity contribution in [3.8, 4) is 17.2 Å². The van der Waals surface area contributed by atoms with Crippen LogP contribution in [0.25, 0.3) is 5.76 Å². The van der Waals surface area contributed by atoms with Crippen LogP contribution in [0, 0.1) is 0 Å². The predicted octanol–water partition coefficient (Wildman–Crippen LogP) is 5.60. The normalized spacial score (nSPS) is 12.7. The van der Waals surface area contributed by atoms with Crippen LogP contribution in [-0.2, 0) is 30.4 Å². The van der Waals surface area contributed by atoms with Gasteiger partial charge >= 0.3 is 0 Å². The summed E-state index contributed by atoms with van der Waals surface area (Å²) >= 11 is 0. The van der Waals surface area contributed by atoms with Crippen molar-refractivity contribution in [3.63, 3.8) is 0 Å². The van der Waals surface area contributed by atoms with E-state index in [2.05, 4.69) is 0 Å². The summed E-state index contributed by atoms with van der Waals surface area (Å²) in [5.41, 5.74) is 5.89. The van der Waals surface area contributed by atoms with E-state index >= 15 is 0 Å². The van der Waals surface area contributed by atoms with Gasteiger partial charge in [-0.25, -0.2) is 0 Å². The van der Waals surface area contributed by atoms with Gasteiger partial charge in [0.2, 0.25) is 0 Å². The molecular weight excluding hydrogens is 416 g/mol. The Morgan fingerprint density at radius 1 is 0.939 bits per heavy atom. The van der Waals surface area contributed by atoms with Crippen LogP contribution in [0.1, 0.15) is 55.5 Å². The molecule has 5 nitrogen and oxygen atoms in total. The van der Waals surface area contributed by atoms with E-state index in [-0.39, 0.29) is 18.1 Å². The van der Waals surface area contributed by atoms with Gasteiger partial charge in [-0.3, -0.25) is 0 Å². The van der Waals surface area contributed by atoms with Gasteiger partial charge in [-0.1, -0.05) is 47.6 Å². The maximum absolute atomic E-state index is 11.2. The Bertz CT molecular complexity index is 1100. The molecular formula is C28H34O5. The van der Waals surface area contributed by atoms with Crippen molar-refractivity contribution in [1.82, 2.24) is 0 Å². The maximum atomic E-state index is 11.2. The van der Waals surface area contributed by atoms with Gasteiger partial charge in [-0.2, -0.15) is 0 Å². The van der Waals surface area contributed by atoms with Crippen molar-refractivity contribution in [2.45, 2.75) is 53.4 Å². The second kappa shape index (κ2) is 10.6. The van der Waals surface area contributed by atoms with Crippen LogP contribution in [0.4, 0.5) is 0 Å². The topological polar surface area (TPSA) is 79.2 Å². The first-order valence-electron chi connectivity index (χ1n) is 11.3. The van der Waals surface area contributed by atoms with Gasteiger partial charge in [0.05, 0.1) is 7.11 Å². The number of benzene rings is 2. The molecule has 2 aromatic carbocycles. The van der Waals surface area contributed by atoms with E-state index in [9.17, 15) is 15.3 Å². The zero-order valence-electron chi connectivity index (χ0n) is 20.2. The number of aliphatic hydroxyl groups is 1. The second-order valence-corrected chi connectivity index (χ2v) is 8.84. The molecule has 3 rings (SSSR count). The lowest BCUT2D eigenvalue weighted by molar-refractivity contribution is 0.263. The van der Waals surface area contributed by atoms with Crippen LogP contribution in [0.5, 0.6) is 17.2 Å². The molecule has 1 aliphatic rings. The molecule has 33 heavy (non-hydrogen) atoms. The minimum absolute atomic E-state index is 0.0489. The highest BCUT2D eigenvalue weighted by atomic mass is 16.5. The molecule has 0 spiro atoms. The number of phenolic OH excluding ortho intramolecular Hbond substituents is 2. The van der Waals surface area contributed by atoms with Crippen LogP contribution >= 0.6 is 0 Å². The molecule has 0 aromatic heterocycles. The first-order chi connectivity index (χ1) is 15.8. The summed E-state index contributed by atoms with van der Waals surface area (Å²) < 4.78 is 12.0. The Labute approximate surface area is 196 Å². The van der Waals surface area contributed by atoms with Crippen LogP contribution in [0.2, 0.25) is 0 Å². The Hall–Kier alpha value is -3.18. The molecule has 0 saturated heterocycles. The Kier molecular flexibility index (Phi) is 7.88. The van der Waals surface area contributed by atoms with E-state index < -0.39 is 0 Å². The molecule has 1 aliphatic heterocycles. The fraction of sp³-hybridized carbons (Fsp3) is 0.357. The molecule has 0 amide bonds. The highest BCUT2D eigenvalue weighted by molar-refractivity contribution is 5.73. The molecule has 0 atom stereocenters. The lowest BCUT2D eigenvalue weighted by atomic mass is 9.91. The molecule has 0 aliphatic carbocycles. The summed E-state index contributed by atoms with van der Waals surface area (Å²) in [4.78, 5) is 0. The highest BCUT2D eigenvalue weighted by Crippen LogP contribution is 2.48. The van der Waals surface area contributed by atoms with Crippen LogP contribution < -0.4 is 4.74 Å². The Balaban J connectivity index is 2.14. The number of fused-ring (bicyclic) bond motifs is 1. The van der Waals surface area contributed by atoms with E-state index in [0.717, 1.165) is 22.3 Å². The van der Waals surface area contributed by atoms with Crippen molar-refractivity contribution in [3.05, 3.63) is 81.1 Å². The average molecular weight is 451 g/mol. The first-order valence-corrected chi connectivity index (χ1v) is 11.3. The number of aliphatic hydroxyl groups excluding tert-OH is 1. The molecule has 1 heterocycles. The van der Waals surface area contributed by atoms with E-state index in [0.29, 0.717) is 59.6 Å². The molecule has 0 radical (unpaired) electrons. The standard InChI is InChI=1S/C28H34O5/c1-17(2)6-12-21-25(30)22(13-7-18(3)4)28-23(26(21)31)16-24(32-5)27(33-28)20-10-8-19(9-11-20)14-15-29/h6-11,29-31H,12-16H2,1-5H3. The van der Waals surface area contributed by atoms with E-state index in [4.69, 9.17) is 9.47 Å². The zero-order valence-corrected chi connectivity index (χ0v) is 20.2. The highest BCUT2D eigenvalue weighted by Gasteiger charge is 2.31. The minimum Gasteiger partial charge on any atom is -0.507 e. The number of methoxy groups -OCH3 is 1. The van der Waals surface area contributed by atoms with E-state index in [1.165, 1.54) is 0 Å². The van der Waals surface area contributed by atoms with E-state index in [1.54, 1.807) is 7.11 Å². The Morgan fingerprint density at radius 2 is 1.55 bits per heavy atom. The van der Waals surface area contributed by atoms with Crippen molar-refractivity contribution < 1.29 is 24.8 Å². The fourth-order valence-corrected chi connectivity index (χ4v) is 3.89. The molecule has 3 N–H and O–H groups in total. The fourth-order valence-electron chi connectivity index (χ4n) is 3.89. The molecule has 0 bridgehead atoms. The summed E-state index contributed by atoms with van der Waals surface area (Å²) in [7, 11) is 1.59. The van der Waals surface area contributed by atoms with Gasteiger partial charge in [0.25, 0.3) is 0 Å². The summed E-state index contributed by atoms with van der Waals surface area (Å²) in [5.74, 6) is 1.78. The zero-order chi connectivity index (χ0) is 24.1. The summed E-state index contributed by atoms with van der Waals surface area (Å²) in [5, 5.41) is 31.4. The number of allylic oxidation sites excluding steroid dienone is 5. The number of phenols is 2. The number of hydrogen-bond donors (Lipinski definition) is 3. The van der Waals surface area contributed by atoms with Crippen LogP contribution in [0.3, 0.4) is 0 Å². The minimum atomic E-state index is 0.0489. The lowest BCUT2D eigenvalue weighted by Crippen LogP contribution is -2.14. The predicted molar refractivity (Wildman–Crippen MR) is 132 cm³/mol. The van der Waals surface area contributed by atoms with Crippen molar-refractivity contribution in [2.24, 2.45) is 0 Å². The first kappa shape index (κ1) is 24.5. The molecule has 0 saturated carbocycles. The second-order valence-electron chi connectivity index (χ2n) is 8.84. The third-order valence-electron chi connectivity index (χ3n) is 5.78. The number of rotatable bonds is 8. The Morgan fingerprint density at radius 3 is 2.09 bits per heavy atom. The third kappa shape index (κ3) is 5.42. The largest absolute Gasteiger partial charge is 0.507 e. The smallest absolute Gasteiger partial charge is 0.172 e. The van der Waals surface area contributed by atoms with Gasteiger partial charge in [0.1, 0.15) is 23.0 Å². The average Bonchev–Trinajstić information content (AvgIpc) is 2.78. The van der Waals surface area contributed by atoms with Crippen LogP contribution in [-0.4, -0.2) is 29.0 Å².